The topological polar surface area (TPSA) is 98.0 Å². The molecule has 4 fully saturated rings. The van der Waals surface area contributed by atoms with Crippen LogP contribution < -0.4 is 0 Å². The molecule has 0 amide bonds. The van der Waals surface area contributed by atoms with Crippen molar-refractivity contribution in [3.63, 3.8) is 0 Å². The molecular formula is C23H38O5. The summed E-state index contributed by atoms with van der Waals surface area (Å²) in [6, 6.07) is 0. The van der Waals surface area contributed by atoms with Crippen LogP contribution in [0, 0.1) is 46.3 Å². The molecule has 0 heterocycles. The summed E-state index contributed by atoms with van der Waals surface area (Å²) in [5, 5.41) is 42.1. The molecule has 0 bridgehead atoms. The van der Waals surface area contributed by atoms with Crippen molar-refractivity contribution in [3.8, 4) is 0 Å². The van der Waals surface area contributed by atoms with Crippen molar-refractivity contribution in [2.75, 3.05) is 0 Å². The maximum Gasteiger partial charge on any atom is 0.303 e. The first kappa shape index (κ1) is 20.6. The maximum absolute atomic E-state index is 11.4. The average Bonchev–Trinajstić information content (AvgIpc) is 2.95. The van der Waals surface area contributed by atoms with E-state index in [9.17, 15) is 25.2 Å². The standard InChI is InChI=1S/C23H38O5/c1-12(8-20(27)28)15-4-5-16-21-17(11-19(26)23(15,16)3)22(2)7-6-14(24)9-13(22)10-18(21)25/h12-19,21,24-26H,4-11H2,1-3H3,(H,27,28)/t12?,13-,14+,15+,16?,17?,18+,19-,21?,22-,23+/m0/s1. The molecule has 0 spiro atoms. The highest BCUT2D eigenvalue weighted by molar-refractivity contribution is 5.67. The monoisotopic (exact) mass is 394 g/mol. The molecule has 11 atom stereocenters. The summed E-state index contributed by atoms with van der Waals surface area (Å²) >= 11 is 0. The van der Waals surface area contributed by atoms with Gasteiger partial charge < -0.3 is 20.4 Å². The zero-order valence-corrected chi connectivity index (χ0v) is 17.6. The van der Waals surface area contributed by atoms with Gasteiger partial charge in [0.05, 0.1) is 18.3 Å². The number of hydrogen-bond donors (Lipinski definition) is 4. The third-order valence-corrected chi connectivity index (χ3v) is 10.0. The van der Waals surface area contributed by atoms with E-state index in [1.54, 1.807) is 0 Å². The number of aliphatic hydroxyl groups excluding tert-OH is 3. The smallest absolute Gasteiger partial charge is 0.303 e. The summed E-state index contributed by atoms with van der Waals surface area (Å²) in [6.07, 6.45) is 5.02. The van der Waals surface area contributed by atoms with Crippen LogP contribution in [0.25, 0.3) is 0 Å². The first-order chi connectivity index (χ1) is 13.1. The highest BCUT2D eigenvalue weighted by atomic mass is 16.4. The summed E-state index contributed by atoms with van der Waals surface area (Å²) < 4.78 is 0. The second-order valence-corrected chi connectivity index (χ2v) is 11.1. The Morgan fingerprint density at radius 3 is 2.43 bits per heavy atom. The fraction of sp³-hybridized carbons (Fsp3) is 0.957. The van der Waals surface area contributed by atoms with Crippen LogP contribution in [0.5, 0.6) is 0 Å². The highest BCUT2D eigenvalue weighted by Gasteiger charge is 2.65. The van der Waals surface area contributed by atoms with Gasteiger partial charge in [0.25, 0.3) is 0 Å². The molecule has 5 heteroatoms. The van der Waals surface area contributed by atoms with E-state index in [2.05, 4.69) is 13.8 Å². The van der Waals surface area contributed by atoms with Gasteiger partial charge in [0.1, 0.15) is 0 Å². The Balaban J connectivity index is 1.65. The van der Waals surface area contributed by atoms with Gasteiger partial charge in [-0.25, -0.2) is 0 Å². The van der Waals surface area contributed by atoms with Gasteiger partial charge in [-0.2, -0.15) is 0 Å². The van der Waals surface area contributed by atoms with Crippen LogP contribution in [0.4, 0.5) is 0 Å². The van der Waals surface area contributed by atoms with E-state index in [1.807, 2.05) is 6.92 Å². The van der Waals surface area contributed by atoms with Crippen LogP contribution in [0.3, 0.4) is 0 Å². The van der Waals surface area contributed by atoms with E-state index in [0.29, 0.717) is 12.3 Å². The van der Waals surface area contributed by atoms with Crippen LogP contribution in [0.15, 0.2) is 0 Å². The van der Waals surface area contributed by atoms with Gasteiger partial charge in [0, 0.05) is 6.42 Å². The molecular weight excluding hydrogens is 356 g/mol. The van der Waals surface area contributed by atoms with Gasteiger partial charge in [0.15, 0.2) is 0 Å². The van der Waals surface area contributed by atoms with E-state index in [4.69, 9.17) is 0 Å². The minimum atomic E-state index is -0.767. The van der Waals surface area contributed by atoms with E-state index >= 15 is 0 Å². The van der Waals surface area contributed by atoms with Crippen LogP contribution >= 0.6 is 0 Å². The van der Waals surface area contributed by atoms with E-state index in [-0.39, 0.29) is 59.0 Å². The summed E-state index contributed by atoms with van der Waals surface area (Å²) in [6.45, 7) is 6.52. The molecule has 0 radical (unpaired) electrons. The fourth-order valence-electron chi connectivity index (χ4n) is 8.55. The molecule has 0 aromatic rings. The third kappa shape index (κ3) is 2.87. The van der Waals surface area contributed by atoms with E-state index in [1.165, 1.54) is 0 Å². The van der Waals surface area contributed by atoms with Crippen molar-refractivity contribution < 1.29 is 25.2 Å². The second-order valence-electron chi connectivity index (χ2n) is 11.1. The highest BCUT2D eigenvalue weighted by Crippen LogP contribution is 2.68. The van der Waals surface area contributed by atoms with Gasteiger partial charge in [-0.3, -0.25) is 4.79 Å². The lowest BCUT2D eigenvalue weighted by molar-refractivity contribution is -0.207. The largest absolute Gasteiger partial charge is 0.481 e. The molecule has 4 aliphatic carbocycles. The van der Waals surface area contributed by atoms with Gasteiger partial charge in [-0.05, 0) is 91.3 Å². The van der Waals surface area contributed by atoms with Crippen molar-refractivity contribution in [2.24, 2.45) is 46.3 Å². The first-order valence-electron chi connectivity index (χ1n) is 11.3. The lowest BCUT2D eigenvalue weighted by atomic mass is 9.43. The van der Waals surface area contributed by atoms with E-state index < -0.39 is 12.1 Å². The van der Waals surface area contributed by atoms with Crippen LogP contribution in [0.2, 0.25) is 0 Å². The normalized spacial score (nSPS) is 54.4. The molecule has 160 valence electrons. The number of aliphatic hydroxyl groups is 3. The van der Waals surface area contributed by atoms with Crippen LogP contribution in [0.1, 0.15) is 72.1 Å². The first-order valence-corrected chi connectivity index (χ1v) is 11.3. The Labute approximate surface area is 168 Å². The van der Waals surface area contributed by atoms with Gasteiger partial charge in [-0.1, -0.05) is 20.8 Å². The maximum atomic E-state index is 11.4. The quantitative estimate of drug-likeness (QED) is 0.590. The van der Waals surface area contributed by atoms with Gasteiger partial charge in [0.2, 0.25) is 0 Å². The lowest BCUT2D eigenvalue weighted by Gasteiger charge is -2.63. The fourth-order valence-corrected chi connectivity index (χ4v) is 8.55. The number of hydrogen-bond acceptors (Lipinski definition) is 4. The second kappa shape index (κ2) is 6.95. The zero-order valence-electron chi connectivity index (χ0n) is 17.6. The van der Waals surface area contributed by atoms with Crippen molar-refractivity contribution in [2.45, 2.75) is 90.4 Å². The Bertz CT molecular complexity index is 622. The number of carboxylic acids is 1. The third-order valence-electron chi connectivity index (χ3n) is 10.0. The predicted octanol–water partition coefficient (Wildman–Crippen LogP) is 3.06. The van der Waals surface area contributed by atoms with Crippen LogP contribution in [-0.4, -0.2) is 44.7 Å². The molecule has 4 unspecified atom stereocenters. The van der Waals surface area contributed by atoms with E-state index in [0.717, 1.165) is 38.5 Å². The molecule has 0 aliphatic heterocycles. The molecule has 4 aliphatic rings. The molecule has 4 N–H and O–H groups in total. The molecule has 0 aromatic heterocycles. The summed E-state index contributed by atoms with van der Waals surface area (Å²) in [7, 11) is 0. The van der Waals surface area contributed by atoms with Crippen LogP contribution in [-0.2, 0) is 4.79 Å². The molecule has 5 nitrogen and oxygen atoms in total. The Morgan fingerprint density at radius 1 is 1.04 bits per heavy atom. The van der Waals surface area contributed by atoms with Crippen molar-refractivity contribution in [1.82, 2.24) is 0 Å². The minimum Gasteiger partial charge on any atom is -0.481 e. The predicted molar refractivity (Wildman–Crippen MR) is 105 cm³/mol. The summed E-state index contributed by atoms with van der Waals surface area (Å²) in [4.78, 5) is 11.3. The van der Waals surface area contributed by atoms with Gasteiger partial charge in [-0.15, -0.1) is 0 Å². The number of carboxylic acid groups (broad SMARTS) is 1. The molecule has 28 heavy (non-hydrogen) atoms. The van der Waals surface area contributed by atoms with Crippen molar-refractivity contribution in [1.29, 1.82) is 0 Å². The van der Waals surface area contributed by atoms with Crippen molar-refractivity contribution >= 4 is 5.97 Å². The number of carbonyl (C=O) groups is 1. The minimum absolute atomic E-state index is 0.0348. The van der Waals surface area contributed by atoms with Crippen molar-refractivity contribution in [3.05, 3.63) is 0 Å². The summed E-state index contributed by atoms with van der Waals surface area (Å²) in [5.41, 5.74) is -0.232. The SMILES string of the molecule is CC(CC(=O)O)[C@H]1CCC2C3C(C[C@H](O)[C@@]21C)[C@@]1(C)CC[C@@H](O)C[C@H]1C[C@H]3O. The Hall–Kier alpha value is -0.650. The molecule has 0 aromatic carbocycles. The zero-order chi connectivity index (χ0) is 20.4. The average molecular weight is 395 g/mol. The number of aliphatic carboxylic acids is 1. The molecule has 4 rings (SSSR count). The number of fused-ring (bicyclic) bond motifs is 5. The molecule has 4 saturated carbocycles. The number of rotatable bonds is 3. The lowest BCUT2D eigenvalue weighted by Crippen LogP contribution is -2.62. The Kier molecular flexibility index (Phi) is 5.12. The molecule has 0 saturated heterocycles. The Morgan fingerprint density at radius 2 is 1.75 bits per heavy atom. The van der Waals surface area contributed by atoms with Gasteiger partial charge >= 0.3 is 5.97 Å². The summed E-state index contributed by atoms with van der Waals surface area (Å²) in [5.74, 6) is 0.510.